The Balaban J connectivity index is 1.97. The molecule has 0 saturated carbocycles. The van der Waals surface area contributed by atoms with Crippen molar-refractivity contribution < 1.29 is 14.7 Å². The molecule has 3 aromatic rings. The average Bonchev–Trinajstić information content (AvgIpc) is 3.29. The van der Waals surface area contributed by atoms with Gasteiger partial charge in [0, 0.05) is 27.2 Å². The zero-order valence-corrected chi connectivity index (χ0v) is 17.4. The van der Waals surface area contributed by atoms with E-state index in [1.165, 1.54) is 22.3 Å². The van der Waals surface area contributed by atoms with Crippen molar-refractivity contribution in [3.05, 3.63) is 86.4 Å². The van der Waals surface area contributed by atoms with Gasteiger partial charge in [-0.1, -0.05) is 59.1 Å². The number of Topliss-reactive ketones (excluding diaryl/α,β-unsaturated/α-hetero) is 1. The summed E-state index contributed by atoms with van der Waals surface area (Å²) in [5.41, 5.74) is 1.86. The number of halogens is 2. The van der Waals surface area contributed by atoms with Crippen LogP contribution < -0.4 is 4.90 Å². The maximum absolute atomic E-state index is 13.0. The highest BCUT2D eigenvalue weighted by Crippen LogP contribution is 2.45. The lowest BCUT2D eigenvalue weighted by Gasteiger charge is -2.23. The van der Waals surface area contributed by atoms with Crippen molar-refractivity contribution in [1.29, 1.82) is 0 Å². The van der Waals surface area contributed by atoms with Crippen LogP contribution >= 0.6 is 34.5 Å². The van der Waals surface area contributed by atoms with Crippen molar-refractivity contribution in [2.24, 2.45) is 0 Å². The molecule has 0 spiro atoms. The molecule has 2 heterocycles. The number of ketones is 1. The van der Waals surface area contributed by atoms with Gasteiger partial charge in [-0.15, -0.1) is 11.3 Å². The first kappa shape index (κ1) is 19.6. The average molecular weight is 445 g/mol. The first-order valence-electron chi connectivity index (χ1n) is 8.61. The molecular formula is C21H14Cl2N2O3S. The van der Waals surface area contributed by atoms with E-state index in [2.05, 4.69) is 4.98 Å². The highest BCUT2D eigenvalue weighted by molar-refractivity contribution is 7.14. The quantitative estimate of drug-likeness (QED) is 0.334. The summed E-state index contributed by atoms with van der Waals surface area (Å²) in [5, 5.41) is 13.7. The Labute approximate surface area is 180 Å². The molecule has 4 rings (SSSR count). The summed E-state index contributed by atoms with van der Waals surface area (Å²) in [6.45, 7) is 1.92. The SMILES string of the molecule is Cc1ccc(C(O)=C2C(=O)C(=O)N(c3nccs3)C2c2ccc(Cl)cc2Cl)cc1. The van der Waals surface area contributed by atoms with Crippen molar-refractivity contribution in [2.75, 3.05) is 4.90 Å². The van der Waals surface area contributed by atoms with E-state index < -0.39 is 17.7 Å². The second-order valence-electron chi connectivity index (χ2n) is 6.52. The number of benzene rings is 2. The fraction of sp³-hybridized carbons (Fsp3) is 0.0952. The summed E-state index contributed by atoms with van der Waals surface area (Å²) >= 11 is 13.6. The molecule has 1 atom stereocenters. The standard InChI is InChI=1S/C21H14Cl2N2O3S/c1-11-2-4-12(5-3-11)18(26)16-17(14-7-6-13(22)10-15(14)23)25(20(28)19(16)27)21-24-8-9-29-21/h2-10,17,26H,1H3. The van der Waals surface area contributed by atoms with Gasteiger partial charge in [-0.05, 0) is 24.6 Å². The number of nitrogens with zero attached hydrogens (tertiary/aromatic N) is 2. The van der Waals surface area contributed by atoms with Gasteiger partial charge in [0.05, 0.1) is 11.6 Å². The predicted molar refractivity (Wildman–Crippen MR) is 115 cm³/mol. The minimum absolute atomic E-state index is 0.0433. The number of carbonyl (C=O) groups excluding carboxylic acids is 2. The fourth-order valence-electron chi connectivity index (χ4n) is 3.25. The molecule has 0 bridgehead atoms. The fourth-order valence-corrected chi connectivity index (χ4v) is 4.43. The maximum Gasteiger partial charge on any atom is 0.301 e. The number of amides is 1. The zero-order valence-electron chi connectivity index (χ0n) is 15.1. The molecule has 1 fully saturated rings. The molecule has 0 aliphatic carbocycles. The lowest BCUT2D eigenvalue weighted by Crippen LogP contribution is -2.29. The first-order valence-corrected chi connectivity index (χ1v) is 10.2. The van der Waals surface area contributed by atoms with Crippen molar-refractivity contribution >= 4 is 57.1 Å². The van der Waals surface area contributed by atoms with Crippen LogP contribution in [0.1, 0.15) is 22.7 Å². The summed E-state index contributed by atoms with van der Waals surface area (Å²) in [7, 11) is 0. The van der Waals surface area contributed by atoms with Crippen LogP contribution in [0.3, 0.4) is 0 Å². The van der Waals surface area contributed by atoms with Crippen LogP contribution in [0.15, 0.2) is 59.6 Å². The molecule has 29 heavy (non-hydrogen) atoms. The van der Waals surface area contributed by atoms with Crippen molar-refractivity contribution in [1.82, 2.24) is 4.98 Å². The number of aliphatic hydroxyl groups excluding tert-OH is 1. The van der Waals surface area contributed by atoms with E-state index in [0.717, 1.165) is 5.56 Å². The second kappa shape index (κ2) is 7.63. The molecule has 5 nitrogen and oxygen atoms in total. The van der Waals surface area contributed by atoms with E-state index in [1.807, 2.05) is 19.1 Å². The third-order valence-corrected chi connectivity index (χ3v) is 5.99. The zero-order chi connectivity index (χ0) is 20.7. The third kappa shape index (κ3) is 3.44. The summed E-state index contributed by atoms with van der Waals surface area (Å²) in [5.74, 6) is -1.84. The monoisotopic (exact) mass is 444 g/mol. The predicted octanol–water partition coefficient (Wildman–Crippen LogP) is 5.38. The first-order chi connectivity index (χ1) is 13.9. The topological polar surface area (TPSA) is 70.5 Å². The van der Waals surface area contributed by atoms with Gasteiger partial charge in [-0.3, -0.25) is 14.5 Å². The van der Waals surface area contributed by atoms with E-state index in [4.69, 9.17) is 23.2 Å². The van der Waals surface area contributed by atoms with Crippen LogP contribution in [0.4, 0.5) is 5.13 Å². The number of aromatic nitrogens is 1. The Kier molecular flexibility index (Phi) is 5.17. The van der Waals surface area contributed by atoms with Crippen LogP contribution in [-0.4, -0.2) is 21.8 Å². The number of carbonyl (C=O) groups is 2. The molecule has 1 amide bonds. The van der Waals surface area contributed by atoms with E-state index in [0.29, 0.717) is 21.3 Å². The Hall–Kier alpha value is -2.67. The maximum atomic E-state index is 13.0. The number of hydrogen-bond acceptors (Lipinski definition) is 5. The van der Waals surface area contributed by atoms with Gasteiger partial charge in [-0.25, -0.2) is 4.98 Å². The summed E-state index contributed by atoms with van der Waals surface area (Å²) in [6, 6.07) is 10.9. The molecule has 1 saturated heterocycles. The Bertz CT molecular complexity index is 1140. The van der Waals surface area contributed by atoms with Gasteiger partial charge in [-0.2, -0.15) is 0 Å². The molecule has 1 unspecified atom stereocenters. The molecule has 2 aromatic carbocycles. The van der Waals surface area contributed by atoms with Gasteiger partial charge in [0.15, 0.2) is 5.13 Å². The van der Waals surface area contributed by atoms with Gasteiger partial charge < -0.3 is 5.11 Å². The number of anilines is 1. The van der Waals surface area contributed by atoms with Gasteiger partial charge in [0.25, 0.3) is 5.78 Å². The highest BCUT2D eigenvalue weighted by atomic mass is 35.5. The van der Waals surface area contributed by atoms with Crippen LogP contribution in [0, 0.1) is 6.92 Å². The second-order valence-corrected chi connectivity index (χ2v) is 8.23. The summed E-state index contributed by atoms with van der Waals surface area (Å²) in [4.78, 5) is 31.3. The normalized spacial score (nSPS) is 18.4. The molecular weight excluding hydrogens is 431 g/mol. The third-order valence-electron chi connectivity index (χ3n) is 4.65. The largest absolute Gasteiger partial charge is 0.507 e. The molecule has 1 aliphatic rings. The Morgan fingerprint density at radius 3 is 2.48 bits per heavy atom. The van der Waals surface area contributed by atoms with Gasteiger partial charge in [0.1, 0.15) is 5.76 Å². The lowest BCUT2D eigenvalue weighted by molar-refractivity contribution is -0.132. The van der Waals surface area contributed by atoms with Crippen molar-refractivity contribution in [2.45, 2.75) is 13.0 Å². The van der Waals surface area contributed by atoms with Crippen LogP contribution in [0.5, 0.6) is 0 Å². The minimum atomic E-state index is -0.924. The van der Waals surface area contributed by atoms with E-state index in [9.17, 15) is 14.7 Å². The minimum Gasteiger partial charge on any atom is -0.507 e. The summed E-state index contributed by atoms with van der Waals surface area (Å²) in [6.07, 6.45) is 1.54. The van der Waals surface area contributed by atoms with Crippen LogP contribution in [-0.2, 0) is 9.59 Å². The van der Waals surface area contributed by atoms with Crippen LogP contribution in [0.25, 0.3) is 5.76 Å². The van der Waals surface area contributed by atoms with E-state index in [-0.39, 0.29) is 16.4 Å². The van der Waals surface area contributed by atoms with Crippen LogP contribution in [0.2, 0.25) is 10.0 Å². The number of rotatable bonds is 3. The number of thiazole rings is 1. The molecule has 8 heteroatoms. The highest BCUT2D eigenvalue weighted by Gasteiger charge is 2.48. The molecule has 146 valence electrons. The molecule has 1 N–H and O–H groups in total. The van der Waals surface area contributed by atoms with Crippen molar-refractivity contribution in [3.8, 4) is 0 Å². The summed E-state index contributed by atoms with van der Waals surface area (Å²) < 4.78 is 0. The molecule has 1 aromatic heterocycles. The number of aryl methyl sites for hydroxylation is 1. The van der Waals surface area contributed by atoms with Crippen molar-refractivity contribution in [3.63, 3.8) is 0 Å². The van der Waals surface area contributed by atoms with E-state index >= 15 is 0 Å². The number of aliphatic hydroxyl groups is 1. The molecule has 1 aliphatic heterocycles. The van der Waals surface area contributed by atoms with E-state index in [1.54, 1.807) is 35.8 Å². The Morgan fingerprint density at radius 2 is 1.86 bits per heavy atom. The van der Waals surface area contributed by atoms with Gasteiger partial charge >= 0.3 is 5.91 Å². The van der Waals surface area contributed by atoms with Gasteiger partial charge in [0.2, 0.25) is 0 Å². The smallest absolute Gasteiger partial charge is 0.301 e. The Morgan fingerprint density at radius 1 is 1.14 bits per heavy atom. The number of hydrogen-bond donors (Lipinski definition) is 1. The molecule has 0 radical (unpaired) electrons. The lowest BCUT2D eigenvalue weighted by atomic mass is 9.95.